The highest BCUT2D eigenvalue weighted by Gasteiger charge is 2.20. The molecule has 1 fully saturated rings. The van der Waals surface area contributed by atoms with Crippen molar-refractivity contribution in [2.45, 2.75) is 25.9 Å². The Labute approximate surface area is 162 Å². The number of rotatable bonds is 6. The Hall–Kier alpha value is -1.96. The van der Waals surface area contributed by atoms with Crippen molar-refractivity contribution in [1.29, 1.82) is 0 Å². The number of esters is 1. The van der Waals surface area contributed by atoms with Gasteiger partial charge in [-0.2, -0.15) is 0 Å². The van der Waals surface area contributed by atoms with Crippen LogP contribution in [0.25, 0.3) is 10.4 Å². The number of benzene rings is 1. The summed E-state index contributed by atoms with van der Waals surface area (Å²) >= 11 is 6.87. The number of nitrogens with one attached hydrogen (secondary N) is 2. The number of hydrogen-bond acceptors (Lipinski definition) is 5. The molecule has 0 aliphatic carbocycles. The molecule has 2 aromatic rings. The molecule has 1 aromatic carbocycles. The topological polar surface area (TPSA) is 59.6 Å². The molecule has 5 nitrogen and oxygen atoms in total. The van der Waals surface area contributed by atoms with Crippen molar-refractivity contribution in [3.8, 4) is 10.4 Å². The Morgan fingerprint density at radius 2 is 2.19 bits per heavy atom. The van der Waals surface area contributed by atoms with E-state index in [1.165, 1.54) is 11.3 Å². The predicted molar refractivity (Wildman–Crippen MR) is 109 cm³/mol. The number of carbonyl (C=O) groups excluding carboxylic acids is 1. The van der Waals surface area contributed by atoms with Gasteiger partial charge in [0.25, 0.3) is 0 Å². The van der Waals surface area contributed by atoms with Gasteiger partial charge < -0.3 is 20.1 Å². The van der Waals surface area contributed by atoms with Gasteiger partial charge in [0.05, 0.1) is 18.3 Å². The second kappa shape index (κ2) is 9.12. The van der Waals surface area contributed by atoms with Gasteiger partial charge in [0.1, 0.15) is 5.00 Å². The van der Waals surface area contributed by atoms with Crippen LogP contribution in [0.2, 0.25) is 0 Å². The average molecular weight is 391 g/mol. The lowest BCUT2D eigenvalue weighted by Gasteiger charge is -2.13. The minimum atomic E-state index is -0.352. The number of hydrogen-bond donors (Lipinski definition) is 2. The highest BCUT2D eigenvalue weighted by Crippen LogP contribution is 2.35. The fourth-order valence-corrected chi connectivity index (χ4v) is 4.05. The van der Waals surface area contributed by atoms with Crippen molar-refractivity contribution in [1.82, 2.24) is 5.32 Å². The molecular weight excluding hydrogens is 368 g/mol. The fraction of sp³-hybridized carbons (Fsp3) is 0.368. The first-order valence-electron chi connectivity index (χ1n) is 8.70. The van der Waals surface area contributed by atoms with Crippen LogP contribution in [-0.2, 0) is 9.47 Å². The van der Waals surface area contributed by atoms with E-state index in [1.807, 2.05) is 36.4 Å². The molecule has 1 atom stereocenters. The molecule has 7 heteroatoms. The van der Waals surface area contributed by atoms with Crippen LogP contribution in [0, 0.1) is 0 Å². The smallest absolute Gasteiger partial charge is 0.341 e. The van der Waals surface area contributed by atoms with E-state index < -0.39 is 0 Å². The van der Waals surface area contributed by atoms with Crippen LogP contribution >= 0.6 is 23.6 Å². The summed E-state index contributed by atoms with van der Waals surface area (Å²) in [6, 6.07) is 11.8. The van der Waals surface area contributed by atoms with Crippen molar-refractivity contribution >= 4 is 39.6 Å². The van der Waals surface area contributed by atoms with E-state index in [-0.39, 0.29) is 12.1 Å². The standard InChI is InChI=1S/C19H22N2O3S2/c1-2-23-18(22)15-11-16(13-7-4-3-5-8-13)26-17(15)21-19(25)20-12-14-9-6-10-24-14/h3-5,7-8,11,14H,2,6,9-10,12H2,1H3,(H2,20,21,25). The van der Waals surface area contributed by atoms with Gasteiger partial charge in [0.15, 0.2) is 5.11 Å². The zero-order valence-corrected chi connectivity index (χ0v) is 16.3. The van der Waals surface area contributed by atoms with E-state index >= 15 is 0 Å². The third-order valence-electron chi connectivity index (χ3n) is 4.03. The number of thiophene rings is 1. The van der Waals surface area contributed by atoms with E-state index in [4.69, 9.17) is 21.7 Å². The van der Waals surface area contributed by atoms with Crippen LogP contribution in [0.5, 0.6) is 0 Å². The molecule has 0 amide bonds. The summed E-state index contributed by atoms with van der Waals surface area (Å²) in [6.45, 7) is 3.60. The highest BCUT2D eigenvalue weighted by atomic mass is 32.1. The second-order valence-corrected chi connectivity index (χ2v) is 7.37. The van der Waals surface area contributed by atoms with E-state index in [0.29, 0.717) is 28.8 Å². The van der Waals surface area contributed by atoms with Crippen LogP contribution in [0.3, 0.4) is 0 Å². The number of anilines is 1. The molecule has 138 valence electrons. The van der Waals surface area contributed by atoms with Crippen molar-refractivity contribution < 1.29 is 14.3 Å². The lowest BCUT2D eigenvalue weighted by atomic mass is 10.1. The molecular formula is C19H22N2O3S2. The Morgan fingerprint density at radius 1 is 1.38 bits per heavy atom. The molecule has 0 saturated carbocycles. The van der Waals surface area contributed by atoms with Gasteiger partial charge in [-0.3, -0.25) is 0 Å². The zero-order chi connectivity index (χ0) is 18.4. The maximum atomic E-state index is 12.3. The van der Waals surface area contributed by atoms with Gasteiger partial charge in [0, 0.05) is 18.0 Å². The summed E-state index contributed by atoms with van der Waals surface area (Å²) in [5, 5.41) is 7.48. The molecule has 0 spiro atoms. The van der Waals surface area contributed by atoms with Gasteiger partial charge in [-0.1, -0.05) is 30.3 Å². The van der Waals surface area contributed by atoms with Gasteiger partial charge in [-0.15, -0.1) is 11.3 Å². The molecule has 0 radical (unpaired) electrons. The molecule has 1 aliphatic heterocycles. The van der Waals surface area contributed by atoms with Crippen molar-refractivity contribution in [3.05, 3.63) is 42.0 Å². The van der Waals surface area contributed by atoms with Gasteiger partial charge in [-0.05, 0) is 43.6 Å². The van der Waals surface area contributed by atoms with Crippen LogP contribution < -0.4 is 10.6 Å². The first-order chi connectivity index (χ1) is 12.7. The summed E-state index contributed by atoms with van der Waals surface area (Å²) in [5.74, 6) is -0.352. The monoisotopic (exact) mass is 390 g/mol. The number of thiocarbonyl (C=S) groups is 1. The van der Waals surface area contributed by atoms with Gasteiger partial charge in [-0.25, -0.2) is 4.79 Å². The second-order valence-electron chi connectivity index (χ2n) is 5.91. The number of carbonyl (C=O) groups is 1. The lowest BCUT2D eigenvalue weighted by molar-refractivity contribution is 0.0528. The molecule has 1 unspecified atom stereocenters. The lowest BCUT2D eigenvalue weighted by Crippen LogP contribution is -2.34. The summed E-state index contributed by atoms with van der Waals surface area (Å²) in [7, 11) is 0. The summed E-state index contributed by atoms with van der Waals surface area (Å²) in [6.07, 6.45) is 2.33. The number of ether oxygens (including phenoxy) is 2. The van der Waals surface area contributed by atoms with Crippen molar-refractivity contribution in [3.63, 3.8) is 0 Å². The quantitative estimate of drug-likeness (QED) is 0.573. The summed E-state index contributed by atoms with van der Waals surface area (Å²) < 4.78 is 10.8. The van der Waals surface area contributed by atoms with Crippen LogP contribution in [-0.4, -0.2) is 36.9 Å². The molecule has 26 heavy (non-hydrogen) atoms. The van der Waals surface area contributed by atoms with E-state index in [9.17, 15) is 4.79 Å². The fourth-order valence-electron chi connectivity index (χ4n) is 2.75. The average Bonchev–Trinajstić information content (AvgIpc) is 3.31. The Kier molecular flexibility index (Phi) is 6.60. The van der Waals surface area contributed by atoms with Gasteiger partial charge in [0.2, 0.25) is 0 Å². The van der Waals surface area contributed by atoms with Gasteiger partial charge >= 0.3 is 5.97 Å². The first-order valence-corrected chi connectivity index (χ1v) is 9.92. The molecule has 1 aliphatic rings. The minimum absolute atomic E-state index is 0.197. The molecule has 1 aromatic heterocycles. The highest BCUT2D eigenvalue weighted by molar-refractivity contribution is 7.80. The first kappa shape index (κ1) is 18.8. The zero-order valence-electron chi connectivity index (χ0n) is 14.6. The normalized spacial score (nSPS) is 16.3. The molecule has 0 bridgehead atoms. The maximum Gasteiger partial charge on any atom is 0.341 e. The van der Waals surface area contributed by atoms with Crippen molar-refractivity contribution in [2.75, 3.05) is 25.1 Å². The predicted octanol–water partition coefficient (Wildman–Crippen LogP) is 4.06. The van der Waals surface area contributed by atoms with Crippen LogP contribution in [0.15, 0.2) is 36.4 Å². The summed E-state index contributed by atoms with van der Waals surface area (Å²) in [5.41, 5.74) is 1.55. The molecule has 3 rings (SSSR count). The maximum absolute atomic E-state index is 12.3. The third-order valence-corrected chi connectivity index (χ3v) is 5.37. The third kappa shape index (κ3) is 4.81. The Morgan fingerprint density at radius 3 is 2.88 bits per heavy atom. The molecule has 1 saturated heterocycles. The minimum Gasteiger partial charge on any atom is -0.462 e. The molecule has 2 heterocycles. The van der Waals surface area contributed by atoms with E-state index in [2.05, 4.69) is 10.6 Å². The summed E-state index contributed by atoms with van der Waals surface area (Å²) in [4.78, 5) is 13.3. The van der Waals surface area contributed by atoms with E-state index in [0.717, 1.165) is 29.9 Å². The Balaban J connectivity index is 1.74. The van der Waals surface area contributed by atoms with Crippen molar-refractivity contribution in [2.24, 2.45) is 0 Å². The molecule has 2 N–H and O–H groups in total. The Bertz CT molecular complexity index is 755. The largest absolute Gasteiger partial charge is 0.462 e. The van der Waals surface area contributed by atoms with E-state index in [1.54, 1.807) is 6.92 Å². The van der Waals surface area contributed by atoms with Crippen LogP contribution in [0.1, 0.15) is 30.1 Å². The SMILES string of the molecule is CCOC(=O)c1cc(-c2ccccc2)sc1NC(=S)NCC1CCCO1. The van der Waals surface area contributed by atoms with Crippen LogP contribution in [0.4, 0.5) is 5.00 Å².